The average Bonchev–Trinajstić information content (AvgIpc) is 2.38. The van der Waals surface area contributed by atoms with Gasteiger partial charge in [0.2, 0.25) is 5.82 Å². The van der Waals surface area contributed by atoms with Crippen LogP contribution in [0.1, 0.15) is 13.3 Å². The normalized spacial score (nSPS) is 10.8. The van der Waals surface area contributed by atoms with Crippen molar-refractivity contribution in [2.24, 2.45) is 5.73 Å². The van der Waals surface area contributed by atoms with Crippen LogP contribution in [0.5, 0.6) is 0 Å². The molecule has 1 rings (SSSR count). The second-order valence-electron chi connectivity index (χ2n) is 3.64. The molecule has 0 fully saturated rings. The molecule has 0 saturated heterocycles. The van der Waals surface area contributed by atoms with Crippen molar-refractivity contribution in [3.8, 4) is 0 Å². The molecule has 0 aliphatic rings. The molecule has 7 heteroatoms. The number of halogens is 5. The third-order valence-electron chi connectivity index (χ3n) is 2.52. The zero-order valence-corrected chi connectivity index (χ0v) is 9.74. The summed E-state index contributed by atoms with van der Waals surface area (Å²) >= 11 is 0. The first-order valence-corrected chi connectivity index (χ1v) is 5.42. The maximum absolute atomic E-state index is 13.5. The Hall–Kier alpha value is -1.37. The molecule has 0 aliphatic heterocycles. The van der Waals surface area contributed by atoms with Crippen LogP contribution in [0.2, 0.25) is 0 Å². The van der Waals surface area contributed by atoms with Gasteiger partial charge in [0.05, 0.1) is 0 Å². The number of anilines is 1. The maximum Gasteiger partial charge on any atom is 0.200 e. The zero-order valence-electron chi connectivity index (χ0n) is 9.74. The lowest BCUT2D eigenvalue weighted by Crippen LogP contribution is -2.28. The lowest BCUT2D eigenvalue weighted by Gasteiger charge is -2.24. The molecule has 0 bridgehead atoms. The molecule has 18 heavy (non-hydrogen) atoms. The molecule has 0 saturated carbocycles. The van der Waals surface area contributed by atoms with Crippen LogP contribution in [-0.4, -0.2) is 19.6 Å². The quantitative estimate of drug-likeness (QED) is 0.505. The number of nitrogens with two attached hydrogens (primary N) is 1. The first-order valence-electron chi connectivity index (χ1n) is 5.42. The largest absolute Gasteiger partial charge is 0.367 e. The lowest BCUT2D eigenvalue weighted by atomic mass is 10.2. The van der Waals surface area contributed by atoms with Gasteiger partial charge in [-0.15, -0.1) is 0 Å². The fourth-order valence-electron chi connectivity index (χ4n) is 1.58. The Morgan fingerprint density at radius 3 is 1.72 bits per heavy atom. The van der Waals surface area contributed by atoms with Crippen molar-refractivity contribution in [1.29, 1.82) is 0 Å². The summed E-state index contributed by atoms with van der Waals surface area (Å²) in [4.78, 5) is 1.07. The third kappa shape index (κ3) is 2.55. The van der Waals surface area contributed by atoms with Gasteiger partial charge in [0, 0.05) is 13.1 Å². The SMILES string of the molecule is CCN(CCCN)c1c(F)c(F)c(F)c(F)c1F. The van der Waals surface area contributed by atoms with E-state index in [-0.39, 0.29) is 19.6 Å². The molecular weight excluding hydrogens is 255 g/mol. The predicted octanol–water partition coefficient (Wildman–Crippen LogP) is 2.56. The number of benzene rings is 1. The molecule has 1 aromatic carbocycles. The Kier molecular flexibility index (Phi) is 4.89. The fraction of sp³-hybridized carbons (Fsp3) is 0.455. The highest BCUT2D eigenvalue weighted by Crippen LogP contribution is 2.30. The number of nitrogens with zero attached hydrogens (tertiary/aromatic N) is 1. The summed E-state index contributed by atoms with van der Waals surface area (Å²) in [5, 5.41) is 0. The van der Waals surface area contributed by atoms with Gasteiger partial charge in [0.25, 0.3) is 0 Å². The Morgan fingerprint density at radius 2 is 1.33 bits per heavy atom. The summed E-state index contributed by atoms with van der Waals surface area (Å²) in [5.74, 6) is -9.65. The summed E-state index contributed by atoms with van der Waals surface area (Å²) < 4.78 is 65.8. The lowest BCUT2D eigenvalue weighted by molar-refractivity contribution is 0.378. The van der Waals surface area contributed by atoms with E-state index in [4.69, 9.17) is 5.73 Å². The highest BCUT2D eigenvalue weighted by molar-refractivity contribution is 5.50. The van der Waals surface area contributed by atoms with Crippen molar-refractivity contribution in [2.75, 3.05) is 24.5 Å². The number of hydrogen-bond acceptors (Lipinski definition) is 2. The summed E-state index contributed by atoms with van der Waals surface area (Å²) in [6.07, 6.45) is 0.382. The molecule has 2 nitrogen and oxygen atoms in total. The van der Waals surface area contributed by atoms with Gasteiger partial charge >= 0.3 is 0 Å². The standard InChI is InChI=1S/C11H13F5N2/c1-2-18(5-3-4-17)11-9(15)7(13)6(12)8(14)10(11)16/h2-5,17H2,1H3. The van der Waals surface area contributed by atoms with Gasteiger partial charge in [-0.25, -0.2) is 22.0 Å². The van der Waals surface area contributed by atoms with E-state index in [1.165, 1.54) is 0 Å². The monoisotopic (exact) mass is 268 g/mol. The molecule has 2 N–H and O–H groups in total. The highest BCUT2D eigenvalue weighted by atomic mass is 19.2. The topological polar surface area (TPSA) is 29.3 Å². The van der Waals surface area contributed by atoms with Gasteiger partial charge in [-0.3, -0.25) is 0 Å². The van der Waals surface area contributed by atoms with Crippen LogP contribution in [-0.2, 0) is 0 Å². The molecule has 0 spiro atoms. The van der Waals surface area contributed by atoms with Crippen molar-refractivity contribution >= 4 is 5.69 Å². The molecule has 102 valence electrons. The summed E-state index contributed by atoms with van der Waals surface area (Å²) in [5.41, 5.74) is 4.35. The van der Waals surface area contributed by atoms with Crippen molar-refractivity contribution in [3.05, 3.63) is 29.1 Å². The molecule has 0 amide bonds. The third-order valence-corrected chi connectivity index (χ3v) is 2.52. The Morgan fingerprint density at radius 1 is 0.889 bits per heavy atom. The van der Waals surface area contributed by atoms with E-state index in [9.17, 15) is 22.0 Å². The van der Waals surface area contributed by atoms with Crippen molar-refractivity contribution < 1.29 is 22.0 Å². The smallest absolute Gasteiger partial charge is 0.200 e. The van der Waals surface area contributed by atoms with Crippen LogP contribution < -0.4 is 10.6 Å². The van der Waals surface area contributed by atoms with Crippen LogP contribution >= 0.6 is 0 Å². The number of rotatable bonds is 5. The minimum atomic E-state index is -2.15. The van der Waals surface area contributed by atoms with Gasteiger partial charge in [-0.2, -0.15) is 0 Å². The van der Waals surface area contributed by atoms with Gasteiger partial charge in [0.1, 0.15) is 5.69 Å². The molecule has 0 radical (unpaired) electrons. The van der Waals surface area contributed by atoms with E-state index in [1.807, 2.05) is 0 Å². The van der Waals surface area contributed by atoms with E-state index < -0.39 is 34.8 Å². The number of hydrogen-bond donors (Lipinski definition) is 1. The van der Waals surface area contributed by atoms with E-state index in [2.05, 4.69) is 0 Å². The highest BCUT2D eigenvalue weighted by Gasteiger charge is 2.28. The van der Waals surface area contributed by atoms with Gasteiger partial charge in [0.15, 0.2) is 23.3 Å². The molecule has 0 aromatic heterocycles. The Balaban J connectivity index is 3.30. The van der Waals surface area contributed by atoms with Crippen molar-refractivity contribution in [1.82, 2.24) is 0 Å². The van der Waals surface area contributed by atoms with Gasteiger partial charge in [-0.05, 0) is 19.9 Å². The van der Waals surface area contributed by atoms with Crippen LogP contribution in [0.25, 0.3) is 0 Å². The van der Waals surface area contributed by atoms with Gasteiger partial charge in [-0.1, -0.05) is 0 Å². The van der Waals surface area contributed by atoms with Crippen molar-refractivity contribution in [3.63, 3.8) is 0 Å². The summed E-state index contributed by atoms with van der Waals surface area (Å²) in [6.45, 7) is 2.03. The van der Waals surface area contributed by atoms with Crippen molar-refractivity contribution in [2.45, 2.75) is 13.3 Å². The predicted molar refractivity (Wildman–Crippen MR) is 57.8 cm³/mol. The Bertz CT molecular complexity index is 407. The minimum Gasteiger partial charge on any atom is -0.367 e. The second kappa shape index (κ2) is 5.99. The molecule has 0 heterocycles. The Labute approximate surface area is 101 Å². The molecule has 0 aliphatic carbocycles. The van der Waals surface area contributed by atoms with Gasteiger partial charge < -0.3 is 10.6 Å². The van der Waals surface area contributed by atoms with Crippen LogP contribution in [0, 0.1) is 29.1 Å². The zero-order chi connectivity index (χ0) is 13.9. The maximum atomic E-state index is 13.5. The average molecular weight is 268 g/mol. The van der Waals surface area contributed by atoms with E-state index in [1.54, 1.807) is 6.92 Å². The van der Waals surface area contributed by atoms with E-state index >= 15 is 0 Å². The molecule has 0 atom stereocenters. The first-order chi connectivity index (χ1) is 8.45. The van der Waals surface area contributed by atoms with Crippen LogP contribution in [0.3, 0.4) is 0 Å². The summed E-state index contributed by atoms with van der Waals surface area (Å²) in [7, 11) is 0. The fourth-order valence-corrected chi connectivity index (χ4v) is 1.58. The minimum absolute atomic E-state index is 0.109. The molecule has 0 unspecified atom stereocenters. The van der Waals surface area contributed by atoms with E-state index in [0.29, 0.717) is 6.42 Å². The molecular formula is C11H13F5N2. The second-order valence-corrected chi connectivity index (χ2v) is 3.64. The van der Waals surface area contributed by atoms with E-state index in [0.717, 1.165) is 4.90 Å². The van der Waals surface area contributed by atoms with Crippen LogP contribution in [0.15, 0.2) is 0 Å². The van der Waals surface area contributed by atoms with Crippen LogP contribution in [0.4, 0.5) is 27.6 Å². The summed E-state index contributed by atoms with van der Waals surface area (Å²) in [6, 6.07) is 0. The first kappa shape index (κ1) is 14.7. The molecule has 1 aromatic rings.